The van der Waals surface area contributed by atoms with Crippen molar-refractivity contribution in [1.82, 2.24) is 5.32 Å². The lowest BCUT2D eigenvalue weighted by molar-refractivity contribution is 0.296. The number of rotatable bonds is 4. The van der Waals surface area contributed by atoms with E-state index in [0.717, 1.165) is 50.1 Å². The van der Waals surface area contributed by atoms with Gasteiger partial charge in [-0.2, -0.15) is 0 Å². The molecule has 1 aliphatic heterocycles. The summed E-state index contributed by atoms with van der Waals surface area (Å²) in [5.41, 5.74) is 1.28. The van der Waals surface area contributed by atoms with Crippen LogP contribution in [-0.4, -0.2) is 19.8 Å². The molecule has 1 heterocycles. The maximum Gasteiger partial charge on any atom is 0.161 e. The molecule has 1 aliphatic carbocycles. The van der Waals surface area contributed by atoms with Gasteiger partial charge in [0, 0.05) is 13.0 Å². The number of fused-ring (bicyclic) bond motifs is 1. The van der Waals surface area contributed by atoms with Gasteiger partial charge in [-0.3, -0.25) is 0 Å². The molecule has 1 fully saturated rings. The first kappa shape index (κ1) is 11.8. The van der Waals surface area contributed by atoms with Crippen molar-refractivity contribution in [2.24, 2.45) is 5.92 Å². The van der Waals surface area contributed by atoms with E-state index < -0.39 is 0 Å². The standard InChI is InChI=1S/C15H21NO2/c1-3-12(4-1)10-16-11-13-5-6-14-15(9-13)18-8-2-7-17-14/h5-6,9,12,16H,1-4,7-8,10-11H2. The SMILES string of the molecule is c1cc2c(cc1CNCC1CCC1)OCCCO2. The molecule has 0 unspecified atom stereocenters. The molecule has 1 saturated carbocycles. The van der Waals surface area contributed by atoms with Gasteiger partial charge < -0.3 is 14.8 Å². The summed E-state index contributed by atoms with van der Waals surface area (Å²) in [5.74, 6) is 2.69. The van der Waals surface area contributed by atoms with Crippen LogP contribution in [0.4, 0.5) is 0 Å². The van der Waals surface area contributed by atoms with E-state index in [1.807, 2.05) is 6.07 Å². The predicted octanol–water partition coefficient (Wildman–Crippen LogP) is 2.74. The molecule has 0 radical (unpaired) electrons. The van der Waals surface area contributed by atoms with Crippen LogP contribution in [0, 0.1) is 5.92 Å². The van der Waals surface area contributed by atoms with Gasteiger partial charge >= 0.3 is 0 Å². The van der Waals surface area contributed by atoms with Gasteiger partial charge in [-0.25, -0.2) is 0 Å². The van der Waals surface area contributed by atoms with Gasteiger partial charge in [0.1, 0.15) is 0 Å². The molecule has 1 aromatic carbocycles. The summed E-state index contributed by atoms with van der Waals surface area (Å²) in [6.45, 7) is 3.58. The maximum absolute atomic E-state index is 5.70. The van der Waals surface area contributed by atoms with E-state index in [2.05, 4.69) is 17.4 Å². The van der Waals surface area contributed by atoms with Crippen LogP contribution in [-0.2, 0) is 6.54 Å². The minimum atomic E-state index is 0.756. The maximum atomic E-state index is 5.70. The van der Waals surface area contributed by atoms with Crippen LogP contribution in [0.25, 0.3) is 0 Å². The molecule has 0 saturated heterocycles. The molecule has 2 aliphatic rings. The number of hydrogen-bond acceptors (Lipinski definition) is 3. The molecule has 1 aromatic rings. The Morgan fingerprint density at radius 3 is 2.67 bits per heavy atom. The molecule has 3 nitrogen and oxygen atoms in total. The fraction of sp³-hybridized carbons (Fsp3) is 0.600. The molecule has 3 rings (SSSR count). The molecule has 0 atom stereocenters. The molecule has 0 aromatic heterocycles. The Labute approximate surface area is 108 Å². The summed E-state index contributed by atoms with van der Waals surface area (Å²) in [6, 6.07) is 6.26. The summed E-state index contributed by atoms with van der Waals surface area (Å²) in [5, 5.41) is 3.53. The van der Waals surface area contributed by atoms with Crippen molar-refractivity contribution in [3.63, 3.8) is 0 Å². The first-order chi connectivity index (χ1) is 8.92. The van der Waals surface area contributed by atoms with Crippen molar-refractivity contribution < 1.29 is 9.47 Å². The molecule has 0 amide bonds. The zero-order valence-electron chi connectivity index (χ0n) is 10.8. The van der Waals surface area contributed by atoms with E-state index in [1.165, 1.54) is 24.8 Å². The van der Waals surface area contributed by atoms with Gasteiger partial charge in [0.05, 0.1) is 13.2 Å². The fourth-order valence-corrected chi connectivity index (χ4v) is 2.44. The first-order valence-corrected chi connectivity index (χ1v) is 7.01. The van der Waals surface area contributed by atoms with Gasteiger partial charge in [0.2, 0.25) is 0 Å². The molecule has 18 heavy (non-hydrogen) atoms. The highest BCUT2D eigenvalue weighted by Crippen LogP contribution is 2.30. The quantitative estimate of drug-likeness (QED) is 0.887. The largest absolute Gasteiger partial charge is 0.490 e. The lowest BCUT2D eigenvalue weighted by atomic mass is 9.85. The van der Waals surface area contributed by atoms with E-state index in [0.29, 0.717) is 0 Å². The van der Waals surface area contributed by atoms with Gasteiger partial charge in [-0.15, -0.1) is 0 Å². The van der Waals surface area contributed by atoms with Crippen molar-refractivity contribution in [3.05, 3.63) is 23.8 Å². The zero-order valence-corrected chi connectivity index (χ0v) is 10.8. The summed E-state index contributed by atoms with van der Waals surface area (Å²) in [4.78, 5) is 0. The van der Waals surface area contributed by atoms with Crippen molar-refractivity contribution in [2.45, 2.75) is 32.2 Å². The molecule has 1 N–H and O–H groups in total. The van der Waals surface area contributed by atoms with Crippen LogP contribution in [0.2, 0.25) is 0 Å². The van der Waals surface area contributed by atoms with E-state index in [9.17, 15) is 0 Å². The topological polar surface area (TPSA) is 30.5 Å². The van der Waals surface area contributed by atoms with E-state index in [4.69, 9.17) is 9.47 Å². The predicted molar refractivity (Wildman–Crippen MR) is 71.1 cm³/mol. The summed E-state index contributed by atoms with van der Waals surface area (Å²) >= 11 is 0. The second kappa shape index (κ2) is 5.61. The molecular weight excluding hydrogens is 226 g/mol. The van der Waals surface area contributed by atoms with Gasteiger partial charge in [-0.05, 0) is 43.0 Å². The molecule has 98 valence electrons. The highest BCUT2D eigenvalue weighted by atomic mass is 16.5. The first-order valence-electron chi connectivity index (χ1n) is 7.01. The van der Waals surface area contributed by atoms with Crippen LogP contribution in [0.3, 0.4) is 0 Å². The number of hydrogen-bond donors (Lipinski definition) is 1. The number of nitrogens with one attached hydrogen (secondary N) is 1. The molecule has 0 spiro atoms. The highest BCUT2D eigenvalue weighted by Gasteiger charge is 2.16. The van der Waals surface area contributed by atoms with Crippen molar-refractivity contribution >= 4 is 0 Å². The van der Waals surface area contributed by atoms with Crippen molar-refractivity contribution in [2.75, 3.05) is 19.8 Å². The third-order valence-corrected chi connectivity index (χ3v) is 3.80. The minimum Gasteiger partial charge on any atom is -0.490 e. The van der Waals surface area contributed by atoms with E-state index >= 15 is 0 Å². The normalized spacial score (nSPS) is 19.1. The number of benzene rings is 1. The Bertz CT molecular complexity index is 401. The zero-order chi connectivity index (χ0) is 12.2. The molecule has 3 heteroatoms. The average molecular weight is 247 g/mol. The lowest BCUT2D eigenvalue weighted by Crippen LogP contribution is -2.26. The highest BCUT2D eigenvalue weighted by molar-refractivity contribution is 5.43. The van der Waals surface area contributed by atoms with E-state index in [1.54, 1.807) is 0 Å². The van der Waals surface area contributed by atoms with Crippen LogP contribution >= 0.6 is 0 Å². The Morgan fingerprint density at radius 1 is 1.06 bits per heavy atom. The fourth-order valence-electron chi connectivity index (χ4n) is 2.44. The summed E-state index contributed by atoms with van der Waals surface area (Å²) in [6.07, 6.45) is 5.17. The van der Waals surface area contributed by atoms with Crippen LogP contribution in [0.5, 0.6) is 11.5 Å². The second-order valence-electron chi connectivity index (χ2n) is 5.26. The third kappa shape index (κ3) is 2.78. The smallest absolute Gasteiger partial charge is 0.161 e. The van der Waals surface area contributed by atoms with Crippen LogP contribution in [0.15, 0.2) is 18.2 Å². The Hall–Kier alpha value is -1.22. The Morgan fingerprint density at radius 2 is 1.89 bits per heavy atom. The number of ether oxygens (including phenoxy) is 2. The Balaban J connectivity index is 1.56. The van der Waals surface area contributed by atoms with Crippen molar-refractivity contribution in [3.8, 4) is 11.5 Å². The summed E-state index contributed by atoms with van der Waals surface area (Å²) in [7, 11) is 0. The Kier molecular flexibility index (Phi) is 3.69. The average Bonchev–Trinajstić information content (AvgIpc) is 2.57. The third-order valence-electron chi connectivity index (χ3n) is 3.80. The monoisotopic (exact) mass is 247 g/mol. The molecule has 0 bridgehead atoms. The van der Waals surface area contributed by atoms with Gasteiger partial charge in [0.25, 0.3) is 0 Å². The van der Waals surface area contributed by atoms with Gasteiger partial charge in [0.15, 0.2) is 11.5 Å². The van der Waals surface area contributed by atoms with E-state index in [-0.39, 0.29) is 0 Å². The van der Waals surface area contributed by atoms with Crippen LogP contribution < -0.4 is 14.8 Å². The van der Waals surface area contributed by atoms with Crippen molar-refractivity contribution in [1.29, 1.82) is 0 Å². The molecular formula is C15H21NO2. The minimum absolute atomic E-state index is 0.756. The van der Waals surface area contributed by atoms with Gasteiger partial charge in [-0.1, -0.05) is 12.5 Å². The van der Waals surface area contributed by atoms with Crippen LogP contribution in [0.1, 0.15) is 31.2 Å². The lowest BCUT2D eigenvalue weighted by Gasteiger charge is -2.25. The summed E-state index contributed by atoms with van der Waals surface area (Å²) < 4.78 is 11.3. The second-order valence-corrected chi connectivity index (χ2v) is 5.26.